The summed E-state index contributed by atoms with van der Waals surface area (Å²) >= 11 is 0. The SMILES string of the molecule is O=C(NCC1(C(=O)O)CCCCC1)NC1CCCCC1O. The first kappa shape index (κ1) is 16.1. The Morgan fingerprint density at radius 1 is 1.05 bits per heavy atom. The molecule has 2 aliphatic rings. The van der Waals surface area contributed by atoms with Gasteiger partial charge in [0.1, 0.15) is 0 Å². The van der Waals surface area contributed by atoms with Gasteiger partial charge in [0.15, 0.2) is 0 Å². The number of nitrogens with one attached hydrogen (secondary N) is 2. The van der Waals surface area contributed by atoms with Crippen LogP contribution < -0.4 is 10.6 Å². The van der Waals surface area contributed by atoms with Gasteiger partial charge in [0, 0.05) is 6.54 Å². The van der Waals surface area contributed by atoms with Crippen LogP contribution in [0.25, 0.3) is 0 Å². The van der Waals surface area contributed by atoms with E-state index in [1.54, 1.807) is 0 Å². The molecule has 0 aromatic heterocycles. The summed E-state index contributed by atoms with van der Waals surface area (Å²) in [5, 5.41) is 24.8. The van der Waals surface area contributed by atoms with Crippen molar-refractivity contribution < 1.29 is 19.8 Å². The molecule has 2 amide bonds. The number of urea groups is 1. The van der Waals surface area contributed by atoms with Crippen molar-refractivity contribution in [2.24, 2.45) is 5.41 Å². The minimum absolute atomic E-state index is 0.164. The van der Waals surface area contributed by atoms with Gasteiger partial charge in [-0.3, -0.25) is 4.79 Å². The minimum atomic E-state index is -0.819. The zero-order valence-electron chi connectivity index (χ0n) is 12.4. The number of carbonyl (C=O) groups excluding carboxylic acids is 1. The van der Waals surface area contributed by atoms with Crippen LogP contribution in [0.1, 0.15) is 57.8 Å². The molecule has 2 aliphatic carbocycles. The predicted molar refractivity (Wildman–Crippen MR) is 78.0 cm³/mol. The molecule has 0 bridgehead atoms. The molecule has 0 spiro atoms. The standard InChI is InChI=1S/C15H26N2O4/c18-12-7-3-2-6-11(12)17-14(21)16-10-15(13(19)20)8-4-1-5-9-15/h11-12,18H,1-10H2,(H,19,20)(H2,16,17,21). The number of hydrogen-bond donors (Lipinski definition) is 4. The molecule has 0 heterocycles. The Morgan fingerprint density at radius 2 is 1.71 bits per heavy atom. The van der Waals surface area contributed by atoms with Crippen molar-refractivity contribution in [3.63, 3.8) is 0 Å². The number of rotatable bonds is 4. The summed E-state index contributed by atoms with van der Waals surface area (Å²) in [6.45, 7) is 0.164. The fraction of sp³-hybridized carbons (Fsp3) is 0.867. The van der Waals surface area contributed by atoms with E-state index in [1.165, 1.54) is 0 Å². The molecule has 0 radical (unpaired) electrons. The number of aliphatic hydroxyl groups excluding tert-OH is 1. The molecule has 2 atom stereocenters. The Balaban J connectivity index is 1.83. The number of amides is 2. The summed E-state index contributed by atoms with van der Waals surface area (Å²) in [7, 11) is 0. The zero-order valence-corrected chi connectivity index (χ0v) is 12.4. The van der Waals surface area contributed by atoms with Crippen LogP contribution in [0.5, 0.6) is 0 Å². The summed E-state index contributed by atoms with van der Waals surface area (Å²) in [6.07, 6.45) is 7.09. The molecule has 0 saturated heterocycles. The average Bonchev–Trinajstić information content (AvgIpc) is 2.48. The van der Waals surface area contributed by atoms with E-state index in [2.05, 4.69) is 10.6 Å². The van der Waals surface area contributed by atoms with Gasteiger partial charge in [-0.15, -0.1) is 0 Å². The quantitative estimate of drug-likeness (QED) is 0.634. The minimum Gasteiger partial charge on any atom is -0.481 e. The third-order valence-corrected chi connectivity index (χ3v) is 4.90. The van der Waals surface area contributed by atoms with Gasteiger partial charge in [-0.25, -0.2) is 4.79 Å². The first-order valence-corrected chi connectivity index (χ1v) is 7.99. The highest BCUT2D eigenvalue weighted by Gasteiger charge is 2.40. The summed E-state index contributed by atoms with van der Waals surface area (Å²) in [4.78, 5) is 23.5. The van der Waals surface area contributed by atoms with Crippen LogP contribution in [0, 0.1) is 5.41 Å². The Bertz CT molecular complexity index is 380. The molecule has 6 heteroatoms. The molecule has 2 rings (SSSR count). The average molecular weight is 298 g/mol. The largest absolute Gasteiger partial charge is 0.481 e. The van der Waals surface area contributed by atoms with E-state index in [-0.39, 0.29) is 18.6 Å². The number of carbonyl (C=O) groups is 2. The van der Waals surface area contributed by atoms with E-state index in [0.29, 0.717) is 19.3 Å². The molecule has 0 aliphatic heterocycles. The van der Waals surface area contributed by atoms with E-state index in [1.807, 2.05) is 0 Å². The highest BCUT2D eigenvalue weighted by molar-refractivity contribution is 5.78. The van der Waals surface area contributed by atoms with Crippen molar-refractivity contribution in [3.8, 4) is 0 Å². The summed E-state index contributed by atoms with van der Waals surface area (Å²) < 4.78 is 0. The monoisotopic (exact) mass is 298 g/mol. The van der Waals surface area contributed by atoms with Crippen molar-refractivity contribution in [2.45, 2.75) is 69.9 Å². The van der Waals surface area contributed by atoms with Gasteiger partial charge >= 0.3 is 12.0 Å². The van der Waals surface area contributed by atoms with Crippen LogP contribution in [-0.2, 0) is 4.79 Å². The van der Waals surface area contributed by atoms with Gasteiger partial charge in [-0.1, -0.05) is 32.1 Å². The first-order valence-electron chi connectivity index (χ1n) is 7.99. The van der Waals surface area contributed by atoms with Crippen LogP contribution >= 0.6 is 0 Å². The number of hydrogen-bond acceptors (Lipinski definition) is 3. The van der Waals surface area contributed by atoms with E-state index < -0.39 is 17.5 Å². The molecule has 120 valence electrons. The maximum absolute atomic E-state index is 11.9. The van der Waals surface area contributed by atoms with Gasteiger partial charge in [0.25, 0.3) is 0 Å². The molecule has 0 aromatic carbocycles. The maximum Gasteiger partial charge on any atom is 0.315 e. The number of aliphatic hydroxyl groups is 1. The molecule has 2 saturated carbocycles. The molecule has 6 nitrogen and oxygen atoms in total. The van der Waals surface area contributed by atoms with Crippen molar-refractivity contribution in [2.75, 3.05) is 6.54 Å². The van der Waals surface area contributed by atoms with Gasteiger partial charge in [-0.2, -0.15) is 0 Å². The Kier molecular flexibility index (Phi) is 5.45. The van der Waals surface area contributed by atoms with Gasteiger partial charge in [-0.05, 0) is 25.7 Å². The lowest BCUT2D eigenvalue weighted by Gasteiger charge is -2.34. The molecule has 2 fully saturated rings. The third-order valence-electron chi connectivity index (χ3n) is 4.90. The molecule has 21 heavy (non-hydrogen) atoms. The predicted octanol–water partition coefficient (Wildman–Crippen LogP) is 1.62. The van der Waals surface area contributed by atoms with Crippen LogP contribution in [0.15, 0.2) is 0 Å². The van der Waals surface area contributed by atoms with Crippen LogP contribution in [0.3, 0.4) is 0 Å². The second-order valence-electron chi connectivity index (χ2n) is 6.43. The normalized spacial score (nSPS) is 28.6. The molecule has 2 unspecified atom stereocenters. The molecular weight excluding hydrogens is 272 g/mol. The van der Waals surface area contributed by atoms with E-state index in [0.717, 1.165) is 38.5 Å². The van der Waals surface area contributed by atoms with E-state index in [4.69, 9.17) is 0 Å². The Hall–Kier alpha value is -1.30. The summed E-state index contributed by atoms with van der Waals surface area (Å²) in [6, 6.07) is -0.585. The number of aliphatic carboxylic acids is 1. The lowest BCUT2D eigenvalue weighted by molar-refractivity contribution is -0.150. The van der Waals surface area contributed by atoms with Crippen LogP contribution in [0.4, 0.5) is 4.79 Å². The molecule has 0 aromatic rings. The Labute approximate surface area is 125 Å². The molecular formula is C15H26N2O4. The van der Waals surface area contributed by atoms with Crippen molar-refractivity contribution in [1.82, 2.24) is 10.6 Å². The lowest BCUT2D eigenvalue weighted by Crippen LogP contribution is -2.52. The second-order valence-corrected chi connectivity index (χ2v) is 6.43. The first-order chi connectivity index (χ1) is 10.0. The topological polar surface area (TPSA) is 98.7 Å². The van der Waals surface area contributed by atoms with E-state index >= 15 is 0 Å². The van der Waals surface area contributed by atoms with Crippen LogP contribution in [-0.4, -0.2) is 40.9 Å². The maximum atomic E-state index is 11.9. The highest BCUT2D eigenvalue weighted by atomic mass is 16.4. The number of carboxylic acids is 1. The van der Waals surface area contributed by atoms with Gasteiger partial charge in [0.05, 0.1) is 17.6 Å². The van der Waals surface area contributed by atoms with Crippen LogP contribution in [0.2, 0.25) is 0 Å². The van der Waals surface area contributed by atoms with Crippen molar-refractivity contribution >= 4 is 12.0 Å². The lowest BCUT2D eigenvalue weighted by atomic mass is 9.74. The van der Waals surface area contributed by atoms with E-state index in [9.17, 15) is 19.8 Å². The van der Waals surface area contributed by atoms with Gasteiger partial charge < -0.3 is 20.8 Å². The third kappa shape index (κ3) is 4.09. The fourth-order valence-corrected chi connectivity index (χ4v) is 3.44. The second kappa shape index (κ2) is 7.11. The van der Waals surface area contributed by atoms with Crippen molar-refractivity contribution in [1.29, 1.82) is 0 Å². The summed E-state index contributed by atoms with van der Waals surface area (Å²) in [5.74, 6) is -0.819. The Morgan fingerprint density at radius 3 is 2.33 bits per heavy atom. The summed E-state index contributed by atoms with van der Waals surface area (Å²) in [5.41, 5.74) is -0.819. The highest BCUT2D eigenvalue weighted by Crippen LogP contribution is 2.36. The fourth-order valence-electron chi connectivity index (χ4n) is 3.44. The number of carboxylic acid groups (broad SMARTS) is 1. The zero-order chi connectivity index (χ0) is 15.3. The van der Waals surface area contributed by atoms with Crippen molar-refractivity contribution in [3.05, 3.63) is 0 Å². The smallest absolute Gasteiger partial charge is 0.315 e. The molecule has 4 N–H and O–H groups in total. The van der Waals surface area contributed by atoms with Gasteiger partial charge in [0.2, 0.25) is 0 Å².